The molecule has 1 aliphatic rings. The highest BCUT2D eigenvalue weighted by Crippen LogP contribution is 2.38. The van der Waals surface area contributed by atoms with Crippen LogP contribution in [0, 0.1) is 6.92 Å². The van der Waals surface area contributed by atoms with E-state index in [1.165, 1.54) is 22.8 Å². The molecule has 2 amide bonds. The molecule has 0 spiro atoms. The smallest absolute Gasteiger partial charge is 0.407 e. The van der Waals surface area contributed by atoms with Crippen LogP contribution in [0.1, 0.15) is 71.9 Å². The Labute approximate surface area is 235 Å². The third-order valence-electron chi connectivity index (χ3n) is 6.19. The molecule has 0 saturated carbocycles. The van der Waals surface area contributed by atoms with Gasteiger partial charge in [0.15, 0.2) is 5.13 Å². The molecule has 39 heavy (non-hydrogen) atoms. The number of unbranched alkanes of at least 4 members (excludes halogenated alkanes) is 2. The van der Waals surface area contributed by atoms with Crippen molar-refractivity contribution in [2.75, 3.05) is 25.5 Å². The molecule has 1 fully saturated rings. The summed E-state index contributed by atoms with van der Waals surface area (Å²) in [6.45, 7) is 9.82. The molecule has 2 N–H and O–H groups in total. The number of amides is 2. The van der Waals surface area contributed by atoms with Gasteiger partial charge in [-0.25, -0.2) is 18.2 Å². The molecule has 1 aromatic heterocycles. The second-order valence-electron chi connectivity index (χ2n) is 10.7. The fraction of sp³-hybridized carbons (Fsp3) is 0.593. The van der Waals surface area contributed by atoms with E-state index in [2.05, 4.69) is 22.5 Å². The van der Waals surface area contributed by atoms with Gasteiger partial charge in [0.1, 0.15) is 16.7 Å². The fourth-order valence-corrected chi connectivity index (χ4v) is 6.97. The molecule has 216 valence electrons. The Hall–Kier alpha value is -2.70. The minimum atomic E-state index is -3.97. The maximum Gasteiger partial charge on any atom is 0.407 e. The summed E-state index contributed by atoms with van der Waals surface area (Å²) in [6, 6.07) is 4.99. The highest BCUT2D eigenvalue weighted by Gasteiger charge is 2.34. The summed E-state index contributed by atoms with van der Waals surface area (Å²) in [7, 11) is -2.54. The van der Waals surface area contributed by atoms with Crippen molar-refractivity contribution in [3.8, 4) is 16.2 Å². The third-order valence-corrected chi connectivity index (χ3v) is 9.19. The van der Waals surface area contributed by atoms with E-state index < -0.39 is 27.8 Å². The summed E-state index contributed by atoms with van der Waals surface area (Å²) in [5.41, 5.74) is 0.886. The number of rotatable bonds is 10. The van der Waals surface area contributed by atoms with E-state index in [1.54, 1.807) is 18.2 Å². The Morgan fingerprint density at radius 2 is 1.97 bits per heavy atom. The second kappa shape index (κ2) is 13.1. The normalized spacial score (nSPS) is 16.5. The summed E-state index contributed by atoms with van der Waals surface area (Å²) < 4.78 is 39.9. The van der Waals surface area contributed by atoms with E-state index in [1.807, 2.05) is 27.7 Å². The number of piperidine rings is 1. The molecule has 1 aromatic carbocycles. The molecule has 10 nitrogen and oxygen atoms in total. The van der Waals surface area contributed by atoms with Crippen LogP contribution in [0.5, 0.6) is 5.75 Å². The van der Waals surface area contributed by atoms with E-state index in [4.69, 9.17) is 9.47 Å². The van der Waals surface area contributed by atoms with E-state index in [0.29, 0.717) is 42.2 Å². The standard InChI is InChI=1S/C27H40N4O6S2/c1-7-8-9-12-23(32)29-25-28-18(2)24(38-25)19-13-14-21(36-6)22(16-19)39(34,35)31-15-10-11-20(17-31)37-26(33)30-27(3,4)5/h13-14,16,20H,7-12,15,17H2,1-6H3,(H,30,33)(H,28,29,32)/t20-/m1/s1. The lowest BCUT2D eigenvalue weighted by molar-refractivity contribution is -0.116. The lowest BCUT2D eigenvalue weighted by atomic mass is 10.1. The number of alkyl carbamates (subject to hydrolysis) is 1. The average molecular weight is 581 g/mol. The summed E-state index contributed by atoms with van der Waals surface area (Å²) in [5, 5.41) is 6.08. The minimum Gasteiger partial charge on any atom is -0.495 e. The van der Waals surface area contributed by atoms with Gasteiger partial charge in [0, 0.05) is 18.5 Å². The van der Waals surface area contributed by atoms with Gasteiger partial charge in [0.2, 0.25) is 15.9 Å². The second-order valence-corrected chi connectivity index (χ2v) is 13.6. The van der Waals surface area contributed by atoms with Crippen LogP contribution in [0.4, 0.5) is 9.93 Å². The number of carbonyl (C=O) groups excluding carboxylic acids is 2. The molecule has 2 heterocycles. The lowest BCUT2D eigenvalue weighted by Gasteiger charge is -2.32. The van der Waals surface area contributed by atoms with Crippen molar-refractivity contribution < 1.29 is 27.5 Å². The van der Waals surface area contributed by atoms with Crippen LogP contribution in [0.3, 0.4) is 0 Å². The van der Waals surface area contributed by atoms with Crippen molar-refractivity contribution >= 4 is 38.5 Å². The van der Waals surface area contributed by atoms with Crippen molar-refractivity contribution in [1.82, 2.24) is 14.6 Å². The van der Waals surface area contributed by atoms with E-state index in [9.17, 15) is 18.0 Å². The summed E-state index contributed by atoms with van der Waals surface area (Å²) in [6.07, 6.45) is 3.30. The highest BCUT2D eigenvalue weighted by molar-refractivity contribution is 7.89. The molecule has 3 rings (SSSR count). The summed E-state index contributed by atoms with van der Waals surface area (Å²) in [5.74, 6) is 0.138. The number of carbonyl (C=O) groups is 2. The molecule has 1 atom stereocenters. The SMILES string of the molecule is CCCCCC(=O)Nc1nc(C)c(-c2ccc(OC)c(S(=O)(=O)N3CCC[C@@H](OC(=O)NC(C)(C)C)C3)c2)s1. The number of aromatic nitrogens is 1. The zero-order valence-corrected chi connectivity index (χ0v) is 25.3. The van der Waals surface area contributed by atoms with Gasteiger partial charge in [0.05, 0.1) is 24.2 Å². The zero-order valence-electron chi connectivity index (χ0n) is 23.6. The van der Waals surface area contributed by atoms with E-state index >= 15 is 0 Å². The van der Waals surface area contributed by atoms with Crippen molar-refractivity contribution in [2.24, 2.45) is 0 Å². The van der Waals surface area contributed by atoms with Crippen LogP contribution in [-0.4, -0.2) is 61.5 Å². The largest absolute Gasteiger partial charge is 0.495 e. The van der Waals surface area contributed by atoms with E-state index in [0.717, 1.165) is 24.1 Å². The van der Waals surface area contributed by atoms with Crippen LogP contribution in [0.2, 0.25) is 0 Å². The number of thiazole rings is 1. The summed E-state index contributed by atoms with van der Waals surface area (Å²) >= 11 is 1.30. The first-order chi connectivity index (χ1) is 18.3. The van der Waals surface area contributed by atoms with Gasteiger partial charge in [-0.3, -0.25) is 4.79 Å². The molecular formula is C27H40N4O6S2. The van der Waals surface area contributed by atoms with Crippen molar-refractivity contribution in [3.05, 3.63) is 23.9 Å². The number of hydrogen-bond acceptors (Lipinski definition) is 8. The van der Waals surface area contributed by atoms with Crippen LogP contribution < -0.4 is 15.4 Å². The van der Waals surface area contributed by atoms with Gasteiger partial charge in [-0.2, -0.15) is 4.31 Å². The Kier molecular flexibility index (Phi) is 10.4. The molecular weight excluding hydrogens is 540 g/mol. The van der Waals surface area contributed by atoms with Crippen LogP contribution in [-0.2, 0) is 19.6 Å². The van der Waals surface area contributed by atoms with Crippen molar-refractivity contribution in [2.45, 2.75) is 89.7 Å². The van der Waals surface area contributed by atoms with Crippen LogP contribution in [0.25, 0.3) is 10.4 Å². The maximum absolute atomic E-state index is 13.8. The number of aryl methyl sites for hydroxylation is 1. The predicted octanol–water partition coefficient (Wildman–Crippen LogP) is 5.32. The van der Waals surface area contributed by atoms with Gasteiger partial charge in [0.25, 0.3) is 0 Å². The quantitative estimate of drug-likeness (QED) is 0.364. The molecule has 12 heteroatoms. The van der Waals surface area contributed by atoms with Gasteiger partial charge in [-0.1, -0.05) is 31.1 Å². The average Bonchev–Trinajstić information content (AvgIpc) is 3.22. The monoisotopic (exact) mass is 580 g/mol. The van der Waals surface area contributed by atoms with Gasteiger partial charge in [-0.05, 0) is 70.7 Å². The molecule has 0 bridgehead atoms. The first-order valence-corrected chi connectivity index (χ1v) is 15.5. The van der Waals surface area contributed by atoms with Crippen LogP contribution in [0.15, 0.2) is 23.1 Å². The van der Waals surface area contributed by atoms with Gasteiger partial charge >= 0.3 is 6.09 Å². The van der Waals surface area contributed by atoms with Crippen LogP contribution >= 0.6 is 11.3 Å². The van der Waals surface area contributed by atoms with Crippen molar-refractivity contribution in [3.63, 3.8) is 0 Å². The minimum absolute atomic E-state index is 0.0280. The predicted molar refractivity (Wildman–Crippen MR) is 153 cm³/mol. The topological polar surface area (TPSA) is 127 Å². The Bertz CT molecular complexity index is 1270. The number of methoxy groups -OCH3 is 1. The number of hydrogen-bond donors (Lipinski definition) is 2. The third kappa shape index (κ3) is 8.39. The molecule has 1 aliphatic heterocycles. The van der Waals surface area contributed by atoms with Gasteiger partial charge < -0.3 is 20.1 Å². The molecule has 1 saturated heterocycles. The Balaban J connectivity index is 1.82. The maximum atomic E-state index is 13.8. The number of nitrogens with one attached hydrogen (secondary N) is 2. The molecule has 0 radical (unpaired) electrons. The highest BCUT2D eigenvalue weighted by atomic mass is 32.2. The molecule has 0 aliphatic carbocycles. The van der Waals surface area contributed by atoms with Gasteiger partial charge in [-0.15, -0.1) is 0 Å². The van der Waals surface area contributed by atoms with E-state index in [-0.39, 0.29) is 23.1 Å². The number of sulfonamides is 1. The summed E-state index contributed by atoms with van der Waals surface area (Å²) in [4.78, 5) is 29.8. The fourth-order valence-electron chi connectivity index (χ4n) is 4.30. The number of anilines is 1. The number of ether oxygens (including phenoxy) is 2. The van der Waals surface area contributed by atoms with Crippen molar-refractivity contribution in [1.29, 1.82) is 0 Å². The number of nitrogens with zero attached hydrogens (tertiary/aromatic N) is 2. The molecule has 2 aromatic rings. The Morgan fingerprint density at radius 1 is 1.23 bits per heavy atom. The first kappa shape index (κ1) is 30.8. The lowest BCUT2D eigenvalue weighted by Crippen LogP contribution is -2.47. The first-order valence-electron chi connectivity index (χ1n) is 13.3. The number of benzene rings is 1. The zero-order chi connectivity index (χ0) is 28.8. The molecule has 0 unspecified atom stereocenters. The Morgan fingerprint density at radius 3 is 2.64 bits per heavy atom.